The van der Waals surface area contributed by atoms with Crippen LogP contribution >= 0.6 is 0 Å². The van der Waals surface area contributed by atoms with E-state index in [0.717, 1.165) is 18.8 Å². The van der Waals surface area contributed by atoms with Gasteiger partial charge in [-0.15, -0.1) is 0 Å². The van der Waals surface area contributed by atoms with Crippen LogP contribution in [0.15, 0.2) is 18.2 Å². The first-order chi connectivity index (χ1) is 6.86. The first-order valence-electron chi connectivity index (χ1n) is 5.36. The van der Waals surface area contributed by atoms with Gasteiger partial charge in [-0.2, -0.15) is 0 Å². The maximum Gasteiger partial charge on any atom is 0.127 e. The van der Waals surface area contributed by atoms with Crippen molar-refractivity contribution in [2.24, 2.45) is 11.7 Å². The van der Waals surface area contributed by atoms with Crippen LogP contribution in [0.3, 0.4) is 0 Å². The second-order valence-electron chi connectivity index (χ2n) is 4.30. The monoisotopic (exact) mass is 189 g/mol. The molecule has 2 aliphatic rings. The molecular weight excluding hydrogens is 174 g/mol. The van der Waals surface area contributed by atoms with Gasteiger partial charge in [-0.3, -0.25) is 0 Å². The van der Waals surface area contributed by atoms with Crippen molar-refractivity contribution in [3.63, 3.8) is 0 Å². The van der Waals surface area contributed by atoms with E-state index in [1.165, 1.54) is 24.0 Å². The zero-order valence-corrected chi connectivity index (χ0v) is 8.20. The average Bonchev–Trinajstić information content (AvgIpc) is 2.94. The minimum atomic E-state index is 0.197. The van der Waals surface area contributed by atoms with Gasteiger partial charge in [0.2, 0.25) is 0 Å². The number of fused-ring (bicyclic) bond motifs is 1. The van der Waals surface area contributed by atoms with Crippen LogP contribution in [0.2, 0.25) is 0 Å². The van der Waals surface area contributed by atoms with Gasteiger partial charge in [0.15, 0.2) is 0 Å². The molecule has 0 saturated heterocycles. The highest BCUT2D eigenvalue weighted by Crippen LogP contribution is 2.43. The highest BCUT2D eigenvalue weighted by Gasteiger charge is 2.32. The van der Waals surface area contributed by atoms with Crippen molar-refractivity contribution in [1.82, 2.24) is 0 Å². The van der Waals surface area contributed by atoms with E-state index in [-0.39, 0.29) is 6.04 Å². The molecule has 1 aliphatic heterocycles. The molecule has 1 heterocycles. The van der Waals surface area contributed by atoms with Crippen LogP contribution in [0.5, 0.6) is 5.75 Å². The highest BCUT2D eigenvalue weighted by atomic mass is 16.5. The number of para-hydroxylation sites is 1. The van der Waals surface area contributed by atoms with E-state index in [4.69, 9.17) is 10.5 Å². The Morgan fingerprint density at radius 1 is 1.36 bits per heavy atom. The first kappa shape index (κ1) is 8.30. The number of hydrogen-bond donors (Lipinski definition) is 1. The fourth-order valence-electron chi connectivity index (χ4n) is 2.21. The van der Waals surface area contributed by atoms with E-state index in [2.05, 4.69) is 18.2 Å². The Labute approximate surface area is 84.1 Å². The van der Waals surface area contributed by atoms with Crippen molar-refractivity contribution in [2.45, 2.75) is 25.3 Å². The van der Waals surface area contributed by atoms with Crippen LogP contribution in [0.25, 0.3) is 0 Å². The lowest BCUT2D eigenvalue weighted by Crippen LogP contribution is -2.13. The first-order valence-corrected chi connectivity index (χ1v) is 5.36. The van der Waals surface area contributed by atoms with E-state index in [1.807, 2.05) is 0 Å². The molecule has 14 heavy (non-hydrogen) atoms. The largest absolute Gasteiger partial charge is 0.493 e. The van der Waals surface area contributed by atoms with Crippen LogP contribution in [-0.2, 0) is 6.42 Å². The van der Waals surface area contributed by atoms with Gasteiger partial charge in [-0.25, -0.2) is 0 Å². The molecule has 0 spiro atoms. The second-order valence-corrected chi connectivity index (χ2v) is 4.30. The van der Waals surface area contributed by atoms with Gasteiger partial charge >= 0.3 is 0 Å². The molecular formula is C12H15NO. The molecule has 1 fully saturated rings. The summed E-state index contributed by atoms with van der Waals surface area (Å²) >= 11 is 0. The molecule has 2 heteroatoms. The van der Waals surface area contributed by atoms with Gasteiger partial charge in [0.25, 0.3) is 0 Å². The normalized spacial score (nSPS) is 21.5. The minimum absolute atomic E-state index is 0.197. The molecule has 3 rings (SSSR count). The Morgan fingerprint density at radius 3 is 3.00 bits per heavy atom. The van der Waals surface area contributed by atoms with Gasteiger partial charge in [0.05, 0.1) is 6.61 Å². The minimum Gasteiger partial charge on any atom is -0.493 e. The van der Waals surface area contributed by atoms with E-state index in [1.54, 1.807) is 0 Å². The molecule has 74 valence electrons. The standard InChI is InChI=1S/C12H15NO/c13-11(8-4-5-8)10-3-1-2-9-6-7-14-12(9)10/h1-3,8,11H,4-7,13H2/t11-/m1/s1. The zero-order chi connectivity index (χ0) is 9.54. The van der Waals surface area contributed by atoms with Gasteiger partial charge in [-0.05, 0) is 24.3 Å². The molecule has 1 aromatic carbocycles. The highest BCUT2D eigenvalue weighted by molar-refractivity contribution is 5.46. The van der Waals surface area contributed by atoms with Crippen LogP contribution in [0.1, 0.15) is 30.0 Å². The maximum atomic E-state index is 6.19. The summed E-state index contributed by atoms with van der Waals surface area (Å²) in [5, 5.41) is 0. The van der Waals surface area contributed by atoms with Gasteiger partial charge in [-0.1, -0.05) is 18.2 Å². The summed E-state index contributed by atoms with van der Waals surface area (Å²) in [5.41, 5.74) is 8.75. The molecule has 1 saturated carbocycles. The molecule has 0 amide bonds. The van der Waals surface area contributed by atoms with Crippen molar-refractivity contribution in [2.75, 3.05) is 6.61 Å². The summed E-state index contributed by atoms with van der Waals surface area (Å²) in [7, 11) is 0. The smallest absolute Gasteiger partial charge is 0.127 e. The molecule has 1 aliphatic carbocycles. The maximum absolute atomic E-state index is 6.19. The van der Waals surface area contributed by atoms with Crippen molar-refractivity contribution < 1.29 is 4.74 Å². The van der Waals surface area contributed by atoms with Crippen molar-refractivity contribution in [3.05, 3.63) is 29.3 Å². The van der Waals surface area contributed by atoms with Crippen LogP contribution in [-0.4, -0.2) is 6.61 Å². The van der Waals surface area contributed by atoms with Gasteiger partial charge in [0, 0.05) is 18.0 Å². The lowest BCUT2D eigenvalue weighted by molar-refractivity contribution is 0.350. The SMILES string of the molecule is N[C@@H](c1cccc2c1OCC2)C1CC1. The number of nitrogens with two attached hydrogens (primary N) is 1. The predicted octanol–water partition coefficient (Wildman–Crippen LogP) is 2.03. The van der Waals surface area contributed by atoms with E-state index in [9.17, 15) is 0 Å². The Balaban J connectivity index is 2.00. The average molecular weight is 189 g/mol. The van der Waals surface area contributed by atoms with E-state index < -0.39 is 0 Å². The fourth-order valence-corrected chi connectivity index (χ4v) is 2.21. The third-order valence-corrected chi connectivity index (χ3v) is 3.23. The van der Waals surface area contributed by atoms with Crippen LogP contribution in [0.4, 0.5) is 0 Å². The molecule has 0 unspecified atom stereocenters. The summed E-state index contributed by atoms with van der Waals surface area (Å²) in [6.07, 6.45) is 3.61. The quantitative estimate of drug-likeness (QED) is 0.772. The van der Waals surface area contributed by atoms with Gasteiger partial charge in [0.1, 0.15) is 5.75 Å². The Hall–Kier alpha value is -1.02. The summed E-state index contributed by atoms with van der Waals surface area (Å²) < 4.78 is 5.65. The molecule has 0 aromatic heterocycles. The summed E-state index contributed by atoms with van der Waals surface area (Å²) in [5.74, 6) is 1.78. The number of benzene rings is 1. The summed E-state index contributed by atoms with van der Waals surface area (Å²) in [6, 6.07) is 6.56. The molecule has 0 radical (unpaired) electrons. The zero-order valence-electron chi connectivity index (χ0n) is 8.20. The van der Waals surface area contributed by atoms with E-state index in [0.29, 0.717) is 5.92 Å². The fraction of sp³-hybridized carbons (Fsp3) is 0.500. The number of hydrogen-bond acceptors (Lipinski definition) is 2. The Morgan fingerprint density at radius 2 is 2.21 bits per heavy atom. The van der Waals surface area contributed by atoms with Crippen molar-refractivity contribution in [1.29, 1.82) is 0 Å². The lowest BCUT2D eigenvalue weighted by atomic mass is 9.99. The Kier molecular flexibility index (Phi) is 1.77. The lowest BCUT2D eigenvalue weighted by Gasteiger charge is -2.14. The summed E-state index contributed by atoms with van der Waals surface area (Å²) in [4.78, 5) is 0. The molecule has 2 N–H and O–H groups in total. The van der Waals surface area contributed by atoms with E-state index >= 15 is 0 Å². The molecule has 2 nitrogen and oxygen atoms in total. The van der Waals surface area contributed by atoms with Crippen LogP contribution < -0.4 is 10.5 Å². The topological polar surface area (TPSA) is 35.2 Å². The second kappa shape index (κ2) is 2.99. The molecule has 1 aromatic rings. The number of ether oxygens (including phenoxy) is 1. The van der Waals surface area contributed by atoms with Crippen molar-refractivity contribution in [3.8, 4) is 5.75 Å². The van der Waals surface area contributed by atoms with Gasteiger partial charge < -0.3 is 10.5 Å². The molecule has 1 atom stereocenters. The third kappa shape index (κ3) is 1.22. The third-order valence-electron chi connectivity index (χ3n) is 3.23. The van der Waals surface area contributed by atoms with Crippen LogP contribution in [0, 0.1) is 5.92 Å². The predicted molar refractivity (Wildman–Crippen MR) is 55.3 cm³/mol. The van der Waals surface area contributed by atoms with Crippen molar-refractivity contribution >= 4 is 0 Å². The Bertz CT molecular complexity index is 357. The molecule has 0 bridgehead atoms. The summed E-state index contributed by atoms with van der Waals surface area (Å²) in [6.45, 7) is 0.823. The number of rotatable bonds is 2.